The lowest BCUT2D eigenvalue weighted by Crippen LogP contribution is -2.08. The summed E-state index contributed by atoms with van der Waals surface area (Å²) in [6, 6.07) is 9.30. The summed E-state index contributed by atoms with van der Waals surface area (Å²) in [5.41, 5.74) is 1.77. The summed E-state index contributed by atoms with van der Waals surface area (Å²) in [5, 5.41) is 11.0. The molecule has 0 fully saturated rings. The van der Waals surface area contributed by atoms with Crippen LogP contribution >= 0.6 is 27.5 Å². The van der Waals surface area contributed by atoms with Crippen LogP contribution in [0.4, 0.5) is 0 Å². The van der Waals surface area contributed by atoms with E-state index < -0.39 is 6.10 Å². The Labute approximate surface area is 120 Å². The summed E-state index contributed by atoms with van der Waals surface area (Å²) >= 11 is 9.52. The van der Waals surface area contributed by atoms with E-state index in [1.807, 2.05) is 31.2 Å². The molecule has 0 saturated carbocycles. The first-order valence-electron chi connectivity index (χ1n) is 5.62. The van der Waals surface area contributed by atoms with Gasteiger partial charge in [0.05, 0.1) is 6.10 Å². The number of aliphatic hydroxyl groups is 1. The van der Waals surface area contributed by atoms with Crippen molar-refractivity contribution >= 4 is 27.5 Å². The molecule has 0 saturated heterocycles. The Morgan fingerprint density at radius 3 is 2.56 bits per heavy atom. The van der Waals surface area contributed by atoms with Crippen LogP contribution < -0.4 is 0 Å². The highest BCUT2D eigenvalue weighted by Gasteiger charge is 2.20. The van der Waals surface area contributed by atoms with Gasteiger partial charge in [0, 0.05) is 33.4 Å². The number of pyridine rings is 1. The Morgan fingerprint density at radius 1 is 1.22 bits per heavy atom. The maximum Gasteiger partial charge on any atom is 0.0870 e. The molecule has 0 aliphatic carbocycles. The summed E-state index contributed by atoms with van der Waals surface area (Å²) in [6.07, 6.45) is 2.81. The normalized spacial score (nSPS) is 14.2. The molecule has 1 heterocycles. The number of hydrogen-bond acceptors (Lipinski definition) is 2. The second-order valence-corrected chi connectivity index (χ2v) is 5.50. The second kappa shape index (κ2) is 5.83. The minimum absolute atomic E-state index is 0.0419. The van der Waals surface area contributed by atoms with Gasteiger partial charge in [-0.15, -0.1) is 0 Å². The van der Waals surface area contributed by atoms with Gasteiger partial charge < -0.3 is 5.11 Å². The van der Waals surface area contributed by atoms with E-state index in [0.717, 1.165) is 15.6 Å². The van der Waals surface area contributed by atoms with Crippen molar-refractivity contribution in [3.05, 3.63) is 63.3 Å². The number of aliphatic hydroxyl groups excluding tert-OH is 1. The highest BCUT2D eigenvalue weighted by Crippen LogP contribution is 2.35. The lowest BCUT2D eigenvalue weighted by Gasteiger charge is -2.20. The van der Waals surface area contributed by atoms with Gasteiger partial charge >= 0.3 is 0 Å². The van der Waals surface area contributed by atoms with Crippen LogP contribution in [0, 0.1) is 0 Å². The Hall–Kier alpha value is -0.900. The Kier molecular flexibility index (Phi) is 4.38. The summed E-state index contributed by atoms with van der Waals surface area (Å²) in [4.78, 5) is 3.98. The van der Waals surface area contributed by atoms with Crippen molar-refractivity contribution in [1.82, 2.24) is 4.98 Å². The van der Waals surface area contributed by atoms with Crippen LogP contribution in [0.25, 0.3) is 0 Å². The summed E-state index contributed by atoms with van der Waals surface area (Å²) in [7, 11) is 0. The van der Waals surface area contributed by atoms with Crippen molar-refractivity contribution in [2.45, 2.75) is 18.9 Å². The fraction of sp³-hybridized carbons (Fsp3) is 0.214. The number of benzene rings is 1. The van der Waals surface area contributed by atoms with E-state index in [1.165, 1.54) is 0 Å². The SMILES string of the molecule is CC(c1ccncc1)C(O)c1cc(Br)ccc1Cl. The molecule has 1 aromatic carbocycles. The van der Waals surface area contributed by atoms with Crippen LogP contribution in [0.2, 0.25) is 5.02 Å². The third-order valence-corrected chi connectivity index (χ3v) is 3.82. The Bertz CT molecular complexity index is 533. The minimum Gasteiger partial charge on any atom is -0.388 e. The number of hydrogen-bond donors (Lipinski definition) is 1. The van der Waals surface area contributed by atoms with Gasteiger partial charge in [-0.25, -0.2) is 0 Å². The van der Waals surface area contributed by atoms with Gasteiger partial charge in [-0.3, -0.25) is 4.98 Å². The van der Waals surface area contributed by atoms with Gasteiger partial charge in [0.25, 0.3) is 0 Å². The van der Waals surface area contributed by atoms with E-state index in [1.54, 1.807) is 18.5 Å². The first-order valence-corrected chi connectivity index (χ1v) is 6.79. The molecule has 18 heavy (non-hydrogen) atoms. The molecule has 0 aliphatic heterocycles. The molecule has 2 rings (SSSR count). The molecular formula is C14H13BrClNO. The van der Waals surface area contributed by atoms with Crippen molar-refractivity contribution in [2.24, 2.45) is 0 Å². The second-order valence-electron chi connectivity index (χ2n) is 4.18. The van der Waals surface area contributed by atoms with Gasteiger partial charge in [0.1, 0.15) is 0 Å². The molecule has 2 aromatic rings. The number of halogens is 2. The zero-order chi connectivity index (χ0) is 13.1. The van der Waals surface area contributed by atoms with Crippen LogP contribution in [-0.4, -0.2) is 10.1 Å². The molecule has 2 atom stereocenters. The van der Waals surface area contributed by atoms with Gasteiger partial charge in [-0.05, 0) is 35.9 Å². The topological polar surface area (TPSA) is 33.1 Å². The zero-order valence-corrected chi connectivity index (χ0v) is 12.2. The smallest absolute Gasteiger partial charge is 0.0870 e. The van der Waals surface area contributed by atoms with Crippen LogP contribution in [0.5, 0.6) is 0 Å². The molecule has 4 heteroatoms. The summed E-state index contributed by atoms with van der Waals surface area (Å²) < 4.78 is 0.905. The molecule has 2 nitrogen and oxygen atoms in total. The minimum atomic E-state index is -0.641. The molecule has 0 bridgehead atoms. The third kappa shape index (κ3) is 2.91. The van der Waals surface area contributed by atoms with Gasteiger partial charge in [0.2, 0.25) is 0 Å². The third-order valence-electron chi connectivity index (χ3n) is 2.98. The molecule has 94 valence electrons. The van der Waals surface area contributed by atoms with E-state index >= 15 is 0 Å². The van der Waals surface area contributed by atoms with E-state index in [0.29, 0.717) is 5.02 Å². The summed E-state index contributed by atoms with van der Waals surface area (Å²) in [6.45, 7) is 1.97. The maximum atomic E-state index is 10.4. The van der Waals surface area contributed by atoms with Gasteiger partial charge in [-0.2, -0.15) is 0 Å². The summed E-state index contributed by atoms with van der Waals surface area (Å²) in [5.74, 6) is -0.0419. The zero-order valence-electron chi connectivity index (χ0n) is 9.85. The largest absolute Gasteiger partial charge is 0.388 e. The fourth-order valence-corrected chi connectivity index (χ4v) is 2.47. The molecule has 2 unspecified atom stereocenters. The predicted molar refractivity (Wildman–Crippen MR) is 76.8 cm³/mol. The standard InChI is InChI=1S/C14H13BrClNO/c1-9(10-4-6-17-7-5-10)14(18)12-8-11(15)2-3-13(12)16/h2-9,14,18H,1H3. The van der Waals surface area contributed by atoms with Crippen LogP contribution in [0.1, 0.15) is 30.1 Å². The van der Waals surface area contributed by atoms with E-state index in [2.05, 4.69) is 20.9 Å². The molecule has 0 spiro atoms. The van der Waals surface area contributed by atoms with Crippen molar-refractivity contribution in [3.63, 3.8) is 0 Å². The highest BCUT2D eigenvalue weighted by atomic mass is 79.9. The Balaban J connectivity index is 2.31. The maximum absolute atomic E-state index is 10.4. The van der Waals surface area contributed by atoms with E-state index in [-0.39, 0.29) is 5.92 Å². The van der Waals surface area contributed by atoms with Crippen LogP contribution in [0.3, 0.4) is 0 Å². The van der Waals surface area contributed by atoms with Gasteiger partial charge in [-0.1, -0.05) is 34.5 Å². The predicted octanol–water partition coefficient (Wildman–Crippen LogP) is 4.33. The molecular weight excluding hydrogens is 314 g/mol. The van der Waals surface area contributed by atoms with Crippen LogP contribution in [-0.2, 0) is 0 Å². The number of aromatic nitrogens is 1. The van der Waals surface area contributed by atoms with E-state index in [9.17, 15) is 5.11 Å². The van der Waals surface area contributed by atoms with E-state index in [4.69, 9.17) is 11.6 Å². The number of nitrogens with zero attached hydrogens (tertiary/aromatic N) is 1. The van der Waals surface area contributed by atoms with Crippen molar-refractivity contribution in [1.29, 1.82) is 0 Å². The molecule has 0 amide bonds. The quantitative estimate of drug-likeness (QED) is 0.910. The molecule has 1 aromatic heterocycles. The lowest BCUT2D eigenvalue weighted by molar-refractivity contribution is 0.151. The van der Waals surface area contributed by atoms with Crippen LogP contribution in [0.15, 0.2) is 47.2 Å². The lowest BCUT2D eigenvalue weighted by atomic mass is 9.91. The number of rotatable bonds is 3. The first kappa shape index (κ1) is 13.5. The van der Waals surface area contributed by atoms with Crippen molar-refractivity contribution in [2.75, 3.05) is 0 Å². The fourth-order valence-electron chi connectivity index (χ4n) is 1.86. The highest BCUT2D eigenvalue weighted by molar-refractivity contribution is 9.10. The average Bonchev–Trinajstić information content (AvgIpc) is 2.41. The Morgan fingerprint density at radius 2 is 1.89 bits per heavy atom. The molecule has 0 aliphatic rings. The van der Waals surface area contributed by atoms with Gasteiger partial charge in [0.15, 0.2) is 0 Å². The molecule has 0 radical (unpaired) electrons. The van der Waals surface area contributed by atoms with Crippen molar-refractivity contribution < 1.29 is 5.11 Å². The molecule has 1 N–H and O–H groups in total. The monoisotopic (exact) mass is 325 g/mol. The first-order chi connectivity index (χ1) is 8.59. The van der Waals surface area contributed by atoms with Crippen molar-refractivity contribution in [3.8, 4) is 0 Å². The average molecular weight is 327 g/mol.